The van der Waals surface area contributed by atoms with E-state index in [9.17, 15) is 19.2 Å². The van der Waals surface area contributed by atoms with Crippen LogP contribution in [0.1, 0.15) is 83.3 Å². The van der Waals surface area contributed by atoms with Crippen molar-refractivity contribution in [1.82, 2.24) is 19.9 Å². The summed E-state index contributed by atoms with van der Waals surface area (Å²) in [4.78, 5) is 56.4. The molecule has 254 valence electrons. The molecule has 2 aliphatic rings. The summed E-state index contributed by atoms with van der Waals surface area (Å²) < 4.78 is 6.77. The molecule has 1 aliphatic carbocycles. The number of aryl methyl sites for hydroxylation is 2. The minimum Gasteiger partial charge on any atom is -0.444 e. The molecule has 3 heterocycles. The van der Waals surface area contributed by atoms with Crippen LogP contribution in [0.15, 0.2) is 28.8 Å². The number of pyridine rings is 1. The highest BCUT2D eigenvalue weighted by atomic mass is 32.2. The second-order valence-corrected chi connectivity index (χ2v) is 13.7. The molecule has 0 aromatic carbocycles. The summed E-state index contributed by atoms with van der Waals surface area (Å²) in [6.45, 7) is 11.8. The minimum atomic E-state index is -0.596. The van der Waals surface area contributed by atoms with Gasteiger partial charge in [0.25, 0.3) is 5.56 Å². The van der Waals surface area contributed by atoms with E-state index < -0.39 is 17.7 Å². The first-order chi connectivity index (χ1) is 22.2. The van der Waals surface area contributed by atoms with Gasteiger partial charge in [-0.1, -0.05) is 43.7 Å². The van der Waals surface area contributed by atoms with Crippen molar-refractivity contribution in [2.75, 3.05) is 24.2 Å². The highest BCUT2D eigenvalue weighted by molar-refractivity contribution is 8.27. The number of nitrogens with one attached hydrogen (secondary N) is 5. The Morgan fingerprint density at radius 2 is 1.91 bits per heavy atom. The molecule has 3 unspecified atom stereocenters. The lowest BCUT2D eigenvalue weighted by molar-refractivity contribution is -0.124. The van der Waals surface area contributed by atoms with E-state index in [4.69, 9.17) is 15.6 Å². The van der Waals surface area contributed by atoms with Crippen LogP contribution < -0.4 is 21.5 Å². The maximum atomic E-state index is 13.0. The van der Waals surface area contributed by atoms with Crippen molar-refractivity contribution >= 4 is 57.7 Å². The standard InChI is InChI=1S/C26H36N6O4.C7H10N2OS/c1-7-8-17(12-18-14-28-21(11-16(18)2)31-25(35)36-26(3,4)5)13-30-23(33)20-9-10-22-29-15-19(27-6)24(34)32(20)22;1-4-2-5(4)7(9)11-6(8)3-10/h11-12,14-15,20,27H,7-10,13H2,1-6H3,(H,30,33)(H,28,31,35);3-5,8-9H,2H2,1H3/b17-12+;. The van der Waals surface area contributed by atoms with Crippen molar-refractivity contribution in [3.63, 3.8) is 0 Å². The number of rotatable bonds is 10. The molecular formula is C33H46N8O5S. The largest absolute Gasteiger partial charge is 0.444 e. The van der Waals surface area contributed by atoms with Gasteiger partial charge in [0.1, 0.15) is 34.0 Å². The van der Waals surface area contributed by atoms with E-state index in [-0.39, 0.29) is 16.5 Å². The monoisotopic (exact) mass is 666 g/mol. The lowest BCUT2D eigenvalue weighted by atomic mass is 10.0. The number of fused-ring (bicyclic) bond motifs is 1. The summed E-state index contributed by atoms with van der Waals surface area (Å²) in [6.07, 6.45) is 9.02. The van der Waals surface area contributed by atoms with Crippen LogP contribution in [0.25, 0.3) is 6.08 Å². The van der Waals surface area contributed by atoms with Gasteiger partial charge in [0, 0.05) is 32.1 Å². The van der Waals surface area contributed by atoms with Gasteiger partial charge >= 0.3 is 6.09 Å². The van der Waals surface area contributed by atoms with Crippen LogP contribution >= 0.6 is 11.8 Å². The molecule has 2 amide bonds. The third kappa shape index (κ3) is 10.9. The fraction of sp³-hybridized carbons (Fsp3) is 0.515. The molecule has 3 atom stereocenters. The fourth-order valence-electron chi connectivity index (χ4n) is 5.00. The van der Waals surface area contributed by atoms with Gasteiger partial charge in [-0.05, 0) is 70.1 Å². The van der Waals surface area contributed by atoms with E-state index in [2.05, 4.69) is 39.8 Å². The number of thioether (sulfide) groups is 1. The second kappa shape index (κ2) is 16.5. The van der Waals surface area contributed by atoms with Crippen molar-refractivity contribution in [1.29, 1.82) is 10.8 Å². The van der Waals surface area contributed by atoms with Crippen LogP contribution in [0.2, 0.25) is 0 Å². The molecule has 1 fully saturated rings. The number of aldehydes is 1. The Kier molecular flexibility index (Phi) is 13.0. The molecule has 47 heavy (non-hydrogen) atoms. The molecule has 0 saturated heterocycles. The van der Waals surface area contributed by atoms with Crippen LogP contribution in [-0.4, -0.2) is 62.1 Å². The van der Waals surface area contributed by atoms with Gasteiger partial charge in [-0.25, -0.2) is 14.8 Å². The van der Waals surface area contributed by atoms with E-state index >= 15 is 0 Å². The van der Waals surface area contributed by atoms with Gasteiger partial charge in [-0.2, -0.15) is 0 Å². The molecule has 1 saturated carbocycles. The van der Waals surface area contributed by atoms with Crippen LogP contribution in [0.3, 0.4) is 0 Å². The Balaban J connectivity index is 0.000000461. The number of amides is 2. The van der Waals surface area contributed by atoms with Gasteiger partial charge in [0.05, 0.1) is 11.2 Å². The van der Waals surface area contributed by atoms with Crippen molar-refractivity contribution in [3.05, 3.63) is 51.3 Å². The molecule has 14 heteroatoms. The summed E-state index contributed by atoms with van der Waals surface area (Å²) in [5, 5.41) is 23.3. The Morgan fingerprint density at radius 1 is 1.21 bits per heavy atom. The zero-order valence-electron chi connectivity index (χ0n) is 28.2. The number of hydrogen-bond acceptors (Lipinski definition) is 11. The maximum Gasteiger partial charge on any atom is 0.413 e. The molecule has 5 N–H and O–H groups in total. The van der Waals surface area contributed by atoms with E-state index in [1.165, 1.54) is 10.8 Å². The average molecular weight is 667 g/mol. The summed E-state index contributed by atoms with van der Waals surface area (Å²) in [6, 6.07) is 1.21. The summed E-state index contributed by atoms with van der Waals surface area (Å²) in [5.74, 6) is 1.74. The van der Waals surface area contributed by atoms with Crippen molar-refractivity contribution in [2.45, 2.75) is 85.3 Å². The SMILES string of the molecule is CC1CC1C(=N)SC(=N)C=O.CCC/C(=C\c1cnc(NC(=O)OC(C)(C)C)cc1C)CNC(=O)C1CCc2ncc(NC)c(=O)n21. The molecule has 2 aromatic rings. The Morgan fingerprint density at radius 3 is 2.49 bits per heavy atom. The number of aromatic nitrogens is 3. The zero-order valence-corrected chi connectivity index (χ0v) is 29.0. The summed E-state index contributed by atoms with van der Waals surface area (Å²) in [5.41, 5.74) is 2.41. The molecule has 2 aromatic heterocycles. The number of anilines is 2. The number of carbonyl (C=O) groups excluding carboxylic acids is 3. The smallest absolute Gasteiger partial charge is 0.413 e. The number of carbonyl (C=O) groups is 3. The van der Waals surface area contributed by atoms with E-state index in [0.717, 1.165) is 47.7 Å². The lowest BCUT2D eigenvalue weighted by Gasteiger charge is -2.19. The molecule has 4 rings (SSSR count). The van der Waals surface area contributed by atoms with E-state index in [1.54, 1.807) is 40.1 Å². The first-order valence-electron chi connectivity index (χ1n) is 15.7. The minimum absolute atomic E-state index is 0.0610. The Hall–Kier alpha value is -4.33. The third-order valence-corrected chi connectivity index (χ3v) is 8.41. The van der Waals surface area contributed by atoms with Gasteiger partial charge in [-0.15, -0.1) is 0 Å². The van der Waals surface area contributed by atoms with Crippen molar-refractivity contribution in [2.24, 2.45) is 11.8 Å². The van der Waals surface area contributed by atoms with Crippen LogP contribution in [0.5, 0.6) is 0 Å². The molecular weight excluding hydrogens is 620 g/mol. The third-order valence-electron chi connectivity index (χ3n) is 7.57. The number of nitrogens with zero attached hydrogens (tertiary/aromatic N) is 3. The van der Waals surface area contributed by atoms with Gasteiger partial charge in [0.2, 0.25) is 5.91 Å². The molecule has 0 spiro atoms. The normalized spacial score (nSPS) is 18.2. The predicted octanol–water partition coefficient (Wildman–Crippen LogP) is 5.35. The van der Waals surface area contributed by atoms with E-state index in [0.29, 0.717) is 59.9 Å². The first-order valence-corrected chi connectivity index (χ1v) is 16.5. The molecule has 1 aliphatic heterocycles. The maximum absolute atomic E-state index is 13.0. The van der Waals surface area contributed by atoms with Gasteiger partial charge < -0.3 is 15.4 Å². The second-order valence-electron chi connectivity index (χ2n) is 12.7. The lowest BCUT2D eigenvalue weighted by Crippen LogP contribution is -2.37. The zero-order chi connectivity index (χ0) is 34.9. The molecule has 13 nitrogen and oxygen atoms in total. The fourth-order valence-corrected chi connectivity index (χ4v) is 5.76. The van der Waals surface area contributed by atoms with Gasteiger partial charge in [0.15, 0.2) is 6.29 Å². The topological polar surface area (TPSA) is 192 Å². The Bertz CT molecular complexity index is 1600. The van der Waals surface area contributed by atoms with Gasteiger partial charge in [-0.3, -0.25) is 35.1 Å². The quantitative estimate of drug-likeness (QED) is 0.126. The first kappa shape index (κ1) is 37.1. The highest BCUT2D eigenvalue weighted by Gasteiger charge is 2.37. The van der Waals surface area contributed by atoms with Crippen molar-refractivity contribution in [3.8, 4) is 0 Å². The van der Waals surface area contributed by atoms with E-state index in [1.807, 2.05) is 13.0 Å². The highest BCUT2D eigenvalue weighted by Crippen LogP contribution is 2.41. The van der Waals surface area contributed by atoms with Crippen LogP contribution in [-0.2, 0) is 20.7 Å². The van der Waals surface area contributed by atoms with Crippen LogP contribution in [0.4, 0.5) is 16.3 Å². The number of ether oxygens (including phenoxy) is 1. The number of hydrogen-bond donors (Lipinski definition) is 5. The average Bonchev–Trinajstić information content (AvgIpc) is 3.57. The van der Waals surface area contributed by atoms with Crippen molar-refractivity contribution < 1.29 is 19.1 Å². The molecule has 0 bridgehead atoms. The van der Waals surface area contributed by atoms with Crippen LogP contribution in [0, 0.1) is 29.6 Å². The Labute approximate surface area is 279 Å². The summed E-state index contributed by atoms with van der Waals surface area (Å²) >= 11 is 0.972. The molecule has 0 radical (unpaired) electrons. The predicted molar refractivity (Wildman–Crippen MR) is 187 cm³/mol. The summed E-state index contributed by atoms with van der Waals surface area (Å²) in [7, 11) is 1.66.